The number of H-pyrrole nitrogens is 2. The highest BCUT2D eigenvalue weighted by atomic mass is 16.5. The molecule has 0 unspecified atom stereocenters. The third-order valence-electron chi connectivity index (χ3n) is 5.66. The number of benzene rings is 1. The van der Waals surface area contributed by atoms with Gasteiger partial charge < -0.3 is 24.5 Å². The fourth-order valence-corrected chi connectivity index (χ4v) is 4.11. The number of aromatic amines is 2. The van der Waals surface area contributed by atoms with Gasteiger partial charge in [-0.2, -0.15) is 0 Å². The van der Waals surface area contributed by atoms with Gasteiger partial charge in [0.2, 0.25) is 0 Å². The first-order valence-corrected chi connectivity index (χ1v) is 10.4. The molecule has 3 N–H and O–H groups in total. The Hall–Kier alpha value is -3.91. The first-order valence-electron chi connectivity index (χ1n) is 10.4. The van der Waals surface area contributed by atoms with E-state index in [9.17, 15) is 4.79 Å². The van der Waals surface area contributed by atoms with E-state index in [2.05, 4.69) is 31.5 Å². The number of aromatic nitrogens is 4. The molecule has 5 aromatic rings. The summed E-state index contributed by atoms with van der Waals surface area (Å²) in [4.78, 5) is 23.7. The Balaban J connectivity index is 1.58. The molecule has 0 saturated carbocycles. The number of nitrogens with one attached hydrogen (secondary N) is 3. The molecule has 0 aliphatic rings. The van der Waals surface area contributed by atoms with Crippen LogP contribution in [0.25, 0.3) is 44.3 Å². The SMILES string of the molecule is COCCNC(=O)c1ccc2[nH]cc(-c3cc4c(-c5c(C)noc5C)ccnc4[nH]3)c2c1. The molecule has 1 amide bonds. The highest BCUT2D eigenvalue weighted by Gasteiger charge is 2.18. The maximum atomic E-state index is 12.5. The normalized spacial score (nSPS) is 11.5. The van der Waals surface area contributed by atoms with Gasteiger partial charge in [-0.3, -0.25) is 4.79 Å². The maximum absolute atomic E-state index is 12.5. The lowest BCUT2D eigenvalue weighted by Crippen LogP contribution is -2.26. The fourth-order valence-electron chi connectivity index (χ4n) is 4.11. The van der Waals surface area contributed by atoms with E-state index in [4.69, 9.17) is 9.26 Å². The van der Waals surface area contributed by atoms with E-state index in [-0.39, 0.29) is 5.91 Å². The van der Waals surface area contributed by atoms with Gasteiger partial charge in [-0.15, -0.1) is 0 Å². The Labute approximate surface area is 184 Å². The molecule has 0 fully saturated rings. The van der Waals surface area contributed by atoms with Crippen molar-refractivity contribution >= 4 is 27.8 Å². The predicted octanol–water partition coefficient (Wildman–Crippen LogP) is 4.36. The van der Waals surface area contributed by atoms with Gasteiger partial charge in [-0.1, -0.05) is 5.16 Å². The maximum Gasteiger partial charge on any atom is 0.251 e. The molecule has 32 heavy (non-hydrogen) atoms. The van der Waals surface area contributed by atoms with E-state index in [1.165, 1.54) is 0 Å². The number of carbonyl (C=O) groups is 1. The minimum atomic E-state index is -0.130. The molecule has 4 heterocycles. The van der Waals surface area contributed by atoms with E-state index in [1.807, 2.05) is 44.3 Å². The van der Waals surface area contributed by atoms with Crippen LogP contribution in [0.1, 0.15) is 21.8 Å². The summed E-state index contributed by atoms with van der Waals surface area (Å²) in [6.45, 7) is 4.78. The van der Waals surface area contributed by atoms with E-state index >= 15 is 0 Å². The zero-order valence-corrected chi connectivity index (χ0v) is 18.1. The highest BCUT2D eigenvalue weighted by Crippen LogP contribution is 2.36. The second-order valence-electron chi connectivity index (χ2n) is 7.71. The Morgan fingerprint density at radius 2 is 2.03 bits per heavy atom. The topological polar surface area (TPSA) is 109 Å². The summed E-state index contributed by atoms with van der Waals surface area (Å²) < 4.78 is 10.4. The lowest BCUT2D eigenvalue weighted by atomic mass is 10.0. The summed E-state index contributed by atoms with van der Waals surface area (Å²) in [6.07, 6.45) is 3.72. The van der Waals surface area contributed by atoms with Crippen molar-refractivity contribution in [1.82, 2.24) is 25.4 Å². The third-order valence-corrected chi connectivity index (χ3v) is 5.66. The van der Waals surface area contributed by atoms with Crippen molar-refractivity contribution < 1.29 is 14.1 Å². The first-order chi connectivity index (χ1) is 15.6. The van der Waals surface area contributed by atoms with Crippen LogP contribution in [-0.2, 0) is 4.74 Å². The molecular weight excluding hydrogens is 406 g/mol. The van der Waals surface area contributed by atoms with Crippen molar-refractivity contribution in [2.45, 2.75) is 13.8 Å². The van der Waals surface area contributed by atoms with Crippen molar-refractivity contribution in [3.05, 3.63) is 59.7 Å². The number of hydrogen-bond acceptors (Lipinski definition) is 5. The molecule has 8 nitrogen and oxygen atoms in total. The number of aryl methyl sites for hydroxylation is 2. The van der Waals surface area contributed by atoms with Gasteiger partial charge in [0.05, 0.1) is 12.3 Å². The van der Waals surface area contributed by atoms with Crippen LogP contribution >= 0.6 is 0 Å². The van der Waals surface area contributed by atoms with Crippen LogP contribution in [0.4, 0.5) is 0 Å². The van der Waals surface area contributed by atoms with Gasteiger partial charge in [0.1, 0.15) is 11.4 Å². The highest BCUT2D eigenvalue weighted by molar-refractivity contribution is 6.04. The molecule has 0 atom stereocenters. The largest absolute Gasteiger partial charge is 0.383 e. The quantitative estimate of drug-likeness (QED) is 0.348. The van der Waals surface area contributed by atoms with Crippen molar-refractivity contribution in [3.8, 4) is 22.4 Å². The summed E-state index contributed by atoms with van der Waals surface area (Å²) in [5.41, 5.74) is 7.05. The minimum absolute atomic E-state index is 0.130. The summed E-state index contributed by atoms with van der Waals surface area (Å²) in [6, 6.07) is 9.69. The third kappa shape index (κ3) is 3.34. The molecule has 0 saturated heterocycles. The van der Waals surface area contributed by atoms with Crippen LogP contribution in [0.5, 0.6) is 0 Å². The number of rotatable bonds is 6. The first kappa shape index (κ1) is 20.0. The Morgan fingerprint density at radius 3 is 2.81 bits per heavy atom. The lowest BCUT2D eigenvalue weighted by Gasteiger charge is -2.05. The Morgan fingerprint density at radius 1 is 1.16 bits per heavy atom. The van der Waals surface area contributed by atoms with Gasteiger partial charge in [0.15, 0.2) is 0 Å². The summed E-state index contributed by atoms with van der Waals surface area (Å²) in [7, 11) is 1.61. The molecular formula is C24H23N5O3. The van der Waals surface area contributed by atoms with E-state index in [0.29, 0.717) is 18.7 Å². The van der Waals surface area contributed by atoms with Gasteiger partial charge >= 0.3 is 0 Å². The smallest absolute Gasteiger partial charge is 0.251 e. The van der Waals surface area contributed by atoms with Gasteiger partial charge in [-0.05, 0) is 49.7 Å². The average Bonchev–Trinajstić information content (AvgIpc) is 3.49. The second kappa shape index (κ2) is 7.97. The van der Waals surface area contributed by atoms with Gasteiger partial charge in [0, 0.05) is 64.7 Å². The molecule has 0 spiro atoms. The fraction of sp³-hybridized carbons (Fsp3) is 0.208. The van der Waals surface area contributed by atoms with Crippen molar-refractivity contribution in [2.24, 2.45) is 0 Å². The average molecular weight is 429 g/mol. The van der Waals surface area contributed by atoms with Crippen LogP contribution in [0.15, 0.2) is 47.2 Å². The molecule has 1 aromatic carbocycles. The second-order valence-corrected chi connectivity index (χ2v) is 7.71. The monoisotopic (exact) mass is 429 g/mol. The van der Waals surface area contributed by atoms with E-state index < -0.39 is 0 Å². The Kier molecular flexibility index (Phi) is 4.99. The number of fused-ring (bicyclic) bond motifs is 2. The van der Waals surface area contributed by atoms with Crippen LogP contribution in [0, 0.1) is 13.8 Å². The number of pyridine rings is 1. The van der Waals surface area contributed by atoms with Gasteiger partial charge in [-0.25, -0.2) is 4.98 Å². The van der Waals surface area contributed by atoms with Crippen LogP contribution < -0.4 is 5.32 Å². The van der Waals surface area contributed by atoms with E-state index in [0.717, 1.165) is 55.8 Å². The number of hydrogen-bond donors (Lipinski definition) is 3. The summed E-state index contributed by atoms with van der Waals surface area (Å²) in [5, 5.41) is 8.90. The molecule has 5 rings (SSSR count). The molecule has 162 valence electrons. The van der Waals surface area contributed by atoms with E-state index in [1.54, 1.807) is 13.3 Å². The van der Waals surface area contributed by atoms with Crippen molar-refractivity contribution in [1.29, 1.82) is 0 Å². The molecule has 0 radical (unpaired) electrons. The Bertz CT molecular complexity index is 1420. The number of nitrogens with zero attached hydrogens (tertiary/aromatic N) is 2. The van der Waals surface area contributed by atoms with Crippen LogP contribution in [0.3, 0.4) is 0 Å². The molecule has 0 bridgehead atoms. The molecule has 0 aliphatic carbocycles. The van der Waals surface area contributed by atoms with Gasteiger partial charge in [0.25, 0.3) is 5.91 Å². The van der Waals surface area contributed by atoms with Crippen molar-refractivity contribution in [3.63, 3.8) is 0 Å². The predicted molar refractivity (Wildman–Crippen MR) is 123 cm³/mol. The lowest BCUT2D eigenvalue weighted by molar-refractivity contribution is 0.0937. The number of carbonyl (C=O) groups excluding carboxylic acids is 1. The zero-order chi connectivity index (χ0) is 22.2. The van der Waals surface area contributed by atoms with Crippen LogP contribution in [-0.4, -0.2) is 46.3 Å². The minimum Gasteiger partial charge on any atom is -0.383 e. The zero-order valence-electron chi connectivity index (χ0n) is 18.1. The molecule has 0 aliphatic heterocycles. The number of amides is 1. The molecule has 4 aromatic heterocycles. The van der Waals surface area contributed by atoms with Crippen LogP contribution in [0.2, 0.25) is 0 Å². The standard InChI is InChI=1S/C24H23N5O3/c1-13-22(14(2)32-29-13)16-6-7-25-23-18(16)11-21(28-23)19-12-27-20-5-4-15(10-17(19)20)24(30)26-8-9-31-3/h4-7,10-12,27H,8-9H2,1-3H3,(H,25,28)(H,26,30). The molecule has 8 heteroatoms. The summed E-state index contributed by atoms with van der Waals surface area (Å²) in [5.74, 6) is 0.643. The number of methoxy groups -OCH3 is 1. The van der Waals surface area contributed by atoms with Crippen molar-refractivity contribution in [2.75, 3.05) is 20.3 Å². The number of ether oxygens (including phenoxy) is 1. The summed E-state index contributed by atoms with van der Waals surface area (Å²) >= 11 is 0.